The van der Waals surface area contributed by atoms with Gasteiger partial charge in [-0.3, -0.25) is 9.59 Å². The standard InChI is InChI=1S/C22H26F3NO4.C20H24F3NO3.2H2/c1-15-10-17(30-14-22(23,24)25)11-16(2)18(15)12-19(27)26-13-21(9-6-20(28)29)7-4-3-5-8-21;1-12-8-14(27-11-20(21,22)23)9-13(2)15(12)16-17(25)19(10-24-18(16)26)6-4-3-5-7-19;;/h10-11H,3-5,7-8,12-14H2,1-2H3,(H,26,27)(H,28,29);8-9,25H,3-7,10-11H2,1-2H3,(H,24,26);2*1H. The van der Waals surface area contributed by atoms with Gasteiger partial charge in [0.05, 0.1) is 12.0 Å². The SMILES string of the molecule is Cc1cc(OCC(F)(F)F)cc(C)c1C1=C(O)C2(CCCCC2)CNC1=O.Cc1cc(OCC(F)(F)F)cc(C)c1CC(=O)NCC1(C#CC(=O)O)CCCCC1.[HH].[HH]. The van der Waals surface area contributed by atoms with Gasteiger partial charge in [-0.25, -0.2) is 4.79 Å². The maximum absolute atomic E-state index is 12.6. The zero-order chi connectivity index (χ0) is 42.2. The summed E-state index contributed by atoms with van der Waals surface area (Å²) in [5, 5.41) is 25.7. The quantitative estimate of drug-likeness (QED) is 0.147. The van der Waals surface area contributed by atoms with Gasteiger partial charge in [-0.1, -0.05) is 44.4 Å². The van der Waals surface area contributed by atoms with Crippen LogP contribution in [0.4, 0.5) is 26.3 Å². The molecule has 15 heteroatoms. The molecule has 0 aromatic heterocycles. The predicted molar refractivity (Wildman–Crippen MR) is 205 cm³/mol. The Morgan fingerprint density at radius 1 is 0.807 bits per heavy atom. The molecule has 0 atom stereocenters. The molecule has 2 amide bonds. The van der Waals surface area contributed by atoms with Crippen LogP contribution in [0, 0.1) is 50.4 Å². The molecule has 0 radical (unpaired) electrons. The first kappa shape index (κ1) is 44.8. The number of ether oxygens (including phenoxy) is 2. The number of carbonyl (C=O) groups is 3. The van der Waals surface area contributed by atoms with Gasteiger partial charge in [-0.2, -0.15) is 26.3 Å². The van der Waals surface area contributed by atoms with Gasteiger partial charge < -0.3 is 30.3 Å². The lowest BCUT2D eigenvalue weighted by molar-refractivity contribution is -0.154. The molecule has 2 aromatic carbocycles. The van der Waals surface area contributed by atoms with E-state index >= 15 is 0 Å². The number of rotatable bonds is 9. The smallest absolute Gasteiger partial charge is 0.422 e. The minimum absolute atomic E-state index is 0. The molecule has 57 heavy (non-hydrogen) atoms. The first-order valence-corrected chi connectivity index (χ1v) is 19.0. The van der Waals surface area contributed by atoms with Crippen LogP contribution in [0.5, 0.6) is 11.5 Å². The van der Waals surface area contributed by atoms with Crippen molar-refractivity contribution in [3.05, 3.63) is 63.4 Å². The Bertz CT molecular complexity index is 1860. The molecule has 2 fully saturated rings. The number of aryl methyl sites for hydroxylation is 4. The second-order valence-corrected chi connectivity index (χ2v) is 15.4. The topological polar surface area (TPSA) is 134 Å². The van der Waals surface area contributed by atoms with E-state index in [-0.39, 0.29) is 50.5 Å². The van der Waals surface area contributed by atoms with Crippen molar-refractivity contribution in [2.24, 2.45) is 10.8 Å². The summed E-state index contributed by atoms with van der Waals surface area (Å²) < 4.78 is 83.8. The van der Waals surface area contributed by atoms with Crippen LogP contribution < -0.4 is 20.1 Å². The average Bonchev–Trinajstić information content (AvgIpc) is 3.13. The van der Waals surface area contributed by atoms with E-state index in [1.807, 2.05) is 0 Å². The maximum Gasteiger partial charge on any atom is 0.422 e. The van der Waals surface area contributed by atoms with Gasteiger partial charge >= 0.3 is 18.3 Å². The Hall–Kier alpha value is -4.87. The lowest BCUT2D eigenvalue weighted by Crippen LogP contribution is -2.46. The Morgan fingerprint density at radius 3 is 1.75 bits per heavy atom. The molecule has 1 heterocycles. The van der Waals surface area contributed by atoms with E-state index in [0.717, 1.165) is 69.8 Å². The molecule has 2 saturated carbocycles. The summed E-state index contributed by atoms with van der Waals surface area (Å²) in [4.78, 5) is 35.9. The Labute approximate surface area is 331 Å². The molecule has 2 aromatic rings. The molecule has 0 bridgehead atoms. The largest absolute Gasteiger partial charge is 0.511 e. The van der Waals surface area contributed by atoms with Crippen molar-refractivity contribution in [3.8, 4) is 23.3 Å². The molecule has 2 aliphatic carbocycles. The molecule has 5 rings (SSSR count). The highest BCUT2D eigenvalue weighted by atomic mass is 19.4. The van der Waals surface area contributed by atoms with Gasteiger partial charge in [-0.15, -0.1) is 0 Å². The summed E-state index contributed by atoms with van der Waals surface area (Å²) in [6.07, 6.45) is 0.354. The molecule has 9 nitrogen and oxygen atoms in total. The highest BCUT2D eigenvalue weighted by molar-refractivity contribution is 6.21. The van der Waals surface area contributed by atoms with Crippen molar-refractivity contribution in [3.63, 3.8) is 0 Å². The minimum atomic E-state index is -4.42. The number of hydrogen-bond donors (Lipinski definition) is 4. The third-order valence-electron chi connectivity index (χ3n) is 10.8. The molecule has 3 aliphatic rings. The van der Waals surface area contributed by atoms with Crippen molar-refractivity contribution in [1.82, 2.24) is 10.6 Å². The van der Waals surface area contributed by atoms with E-state index in [0.29, 0.717) is 34.4 Å². The van der Waals surface area contributed by atoms with Gasteiger partial charge in [0.15, 0.2) is 13.2 Å². The molecule has 1 spiro atoms. The van der Waals surface area contributed by atoms with E-state index < -0.39 is 42.4 Å². The van der Waals surface area contributed by atoms with Crippen LogP contribution in [0.1, 0.15) is 100 Å². The van der Waals surface area contributed by atoms with Crippen LogP contribution in [0.15, 0.2) is 30.0 Å². The van der Waals surface area contributed by atoms with Gasteiger partial charge in [0.1, 0.15) is 17.3 Å². The summed E-state index contributed by atoms with van der Waals surface area (Å²) in [6, 6.07) is 5.93. The summed E-state index contributed by atoms with van der Waals surface area (Å²) in [5.41, 5.74) is 3.07. The normalized spacial score (nSPS) is 17.7. The highest BCUT2D eigenvalue weighted by Gasteiger charge is 2.43. The summed E-state index contributed by atoms with van der Waals surface area (Å²) in [6.45, 7) is 4.81. The van der Waals surface area contributed by atoms with E-state index in [9.17, 15) is 45.8 Å². The summed E-state index contributed by atoms with van der Waals surface area (Å²) >= 11 is 0. The number of aliphatic hydroxyl groups is 1. The maximum atomic E-state index is 12.6. The van der Waals surface area contributed by atoms with Gasteiger partial charge in [0.25, 0.3) is 5.91 Å². The Morgan fingerprint density at radius 2 is 1.28 bits per heavy atom. The number of hydrogen-bond acceptors (Lipinski definition) is 6. The lowest BCUT2D eigenvalue weighted by Gasteiger charge is -2.41. The van der Waals surface area contributed by atoms with E-state index in [2.05, 4.69) is 22.5 Å². The number of alkyl halides is 6. The number of halogens is 6. The number of nitrogens with one attached hydrogen (secondary N) is 2. The summed E-state index contributed by atoms with van der Waals surface area (Å²) in [5.74, 6) is 3.57. The number of amides is 2. The fraction of sp³-hybridized carbons (Fsp3) is 0.548. The Balaban J connectivity index is 0.000000395. The summed E-state index contributed by atoms with van der Waals surface area (Å²) in [7, 11) is 0. The number of aliphatic hydroxyl groups excluding tert-OH is 1. The van der Waals surface area contributed by atoms with Gasteiger partial charge in [0, 0.05) is 32.7 Å². The fourth-order valence-corrected chi connectivity index (χ4v) is 7.97. The first-order chi connectivity index (χ1) is 26.6. The van der Waals surface area contributed by atoms with Crippen molar-refractivity contribution < 1.29 is 63.3 Å². The van der Waals surface area contributed by atoms with Crippen molar-refractivity contribution in [2.45, 2.75) is 111 Å². The van der Waals surface area contributed by atoms with E-state index in [1.165, 1.54) is 24.3 Å². The van der Waals surface area contributed by atoms with Crippen LogP contribution in [0.3, 0.4) is 0 Å². The average molecular weight is 813 g/mol. The molecule has 0 saturated heterocycles. The Kier molecular flexibility index (Phi) is 14.6. The third kappa shape index (κ3) is 12.6. The minimum Gasteiger partial charge on any atom is -0.511 e. The molecular formula is C42H54F6N2O7. The highest BCUT2D eigenvalue weighted by Crippen LogP contribution is 2.46. The van der Waals surface area contributed by atoms with Crippen LogP contribution in [-0.2, 0) is 20.8 Å². The molecule has 316 valence electrons. The molecule has 1 aliphatic heterocycles. The monoisotopic (exact) mass is 812 g/mol. The lowest BCUT2D eigenvalue weighted by atomic mass is 9.69. The second-order valence-electron chi connectivity index (χ2n) is 15.4. The molecular weight excluding hydrogens is 758 g/mol. The first-order valence-electron chi connectivity index (χ1n) is 19.0. The van der Waals surface area contributed by atoms with Crippen molar-refractivity contribution in [1.29, 1.82) is 0 Å². The van der Waals surface area contributed by atoms with Crippen LogP contribution in [0.25, 0.3) is 5.57 Å². The van der Waals surface area contributed by atoms with E-state index in [1.54, 1.807) is 27.7 Å². The second kappa shape index (κ2) is 18.6. The van der Waals surface area contributed by atoms with Crippen LogP contribution in [0.2, 0.25) is 0 Å². The predicted octanol–water partition coefficient (Wildman–Crippen LogP) is 9.03. The zero-order valence-electron chi connectivity index (χ0n) is 32.6. The number of benzene rings is 2. The van der Waals surface area contributed by atoms with Crippen molar-refractivity contribution >= 4 is 23.4 Å². The van der Waals surface area contributed by atoms with Crippen LogP contribution in [-0.4, -0.2) is 66.7 Å². The molecule has 0 unspecified atom stereocenters. The van der Waals surface area contributed by atoms with Crippen molar-refractivity contribution in [2.75, 3.05) is 26.3 Å². The van der Waals surface area contributed by atoms with Gasteiger partial charge in [-0.05, 0) is 111 Å². The fourth-order valence-electron chi connectivity index (χ4n) is 7.97. The number of carboxylic acid groups (broad SMARTS) is 1. The van der Waals surface area contributed by atoms with E-state index in [4.69, 9.17) is 14.6 Å². The number of aliphatic carboxylic acids is 1. The van der Waals surface area contributed by atoms with Crippen LogP contribution >= 0.6 is 0 Å². The number of carbonyl (C=O) groups excluding carboxylic acids is 2. The zero-order valence-corrected chi connectivity index (χ0v) is 32.6. The third-order valence-corrected chi connectivity index (χ3v) is 10.8. The van der Waals surface area contributed by atoms with Gasteiger partial charge in [0.2, 0.25) is 5.91 Å². The number of carboxylic acids is 1. The molecule has 4 N–H and O–H groups in total.